The maximum Gasteiger partial charge on any atom is 0.118 e. The summed E-state index contributed by atoms with van der Waals surface area (Å²) in [6.45, 7) is 3.34. The summed E-state index contributed by atoms with van der Waals surface area (Å²) in [5.41, 5.74) is 1.51. The van der Waals surface area contributed by atoms with Gasteiger partial charge >= 0.3 is 0 Å². The van der Waals surface area contributed by atoms with E-state index in [1.165, 1.54) is 31.2 Å². The number of halogens is 1. The van der Waals surface area contributed by atoms with Gasteiger partial charge in [0.2, 0.25) is 0 Å². The van der Waals surface area contributed by atoms with Crippen molar-refractivity contribution in [3.8, 4) is 5.75 Å². The van der Waals surface area contributed by atoms with Crippen LogP contribution in [0.5, 0.6) is 5.75 Å². The number of hydrogen-bond donors (Lipinski definition) is 1. The van der Waals surface area contributed by atoms with Crippen LogP contribution in [-0.4, -0.2) is 25.1 Å². The Kier molecular flexibility index (Phi) is 5.74. The monoisotopic (exact) mass is 295 g/mol. The lowest BCUT2D eigenvalue weighted by Gasteiger charge is -2.39. The molecule has 0 radical (unpaired) electrons. The molecule has 1 aliphatic rings. The van der Waals surface area contributed by atoms with Crippen molar-refractivity contribution in [1.82, 2.24) is 5.32 Å². The average Bonchev–Trinajstić information content (AvgIpc) is 2.50. The van der Waals surface area contributed by atoms with Crippen molar-refractivity contribution in [3.05, 3.63) is 29.8 Å². The summed E-state index contributed by atoms with van der Waals surface area (Å²) in [4.78, 5) is 0. The summed E-state index contributed by atoms with van der Waals surface area (Å²) in [6.07, 6.45) is 6.04. The number of rotatable bonds is 6. The zero-order valence-electron chi connectivity index (χ0n) is 12.6. The zero-order valence-corrected chi connectivity index (χ0v) is 13.4. The maximum absolute atomic E-state index is 6.23. The number of nitrogens with one attached hydrogen (secondary N) is 1. The SMILES string of the molecule is COc1ccc(CCNC2(CCl)CCC(C)CC2)cc1. The molecular weight excluding hydrogens is 270 g/mol. The molecule has 2 rings (SSSR count). The fraction of sp³-hybridized carbons (Fsp3) is 0.647. The highest BCUT2D eigenvalue weighted by Gasteiger charge is 2.32. The summed E-state index contributed by atoms with van der Waals surface area (Å²) in [5, 5.41) is 3.72. The van der Waals surface area contributed by atoms with Gasteiger partial charge in [0, 0.05) is 11.4 Å². The molecule has 1 aliphatic carbocycles. The van der Waals surface area contributed by atoms with Gasteiger partial charge in [0.05, 0.1) is 7.11 Å². The van der Waals surface area contributed by atoms with Crippen LogP contribution in [0.2, 0.25) is 0 Å². The molecule has 3 heteroatoms. The minimum atomic E-state index is 0.167. The lowest BCUT2D eigenvalue weighted by atomic mass is 9.78. The quantitative estimate of drug-likeness (QED) is 0.801. The summed E-state index contributed by atoms with van der Waals surface area (Å²) >= 11 is 6.23. The molecule has 20 heavy (non-hydrogen) atoms. The van der Waals surface area contributed by atoms with Crippen LogP contribution in [-0.2, 0) is 6.42 Å². The normalized spacial score (nSPS) is 26.4. The maximum atomic E-state index is 6.23. The molecule has 0 heterocycles. The number of alkyl halides is 1. The first-order valence-electron chi connectivity index (χ1n) is 7.61. The van der Waals surface area contributed by atoms with Gasteiger partial charge in [0.25, 0.3) is 0 Å². The molecule has 0 atom stereocenters. The standard InChI is InChI=1S/C17H26ClNO/c1-14-7-10-17(13-18,11-8-14)19-12-9-15-3-5-16(20-2)6-4-15/h3-6,14,19H,7-13H2,1-2H3. The predicted molar refractivity (Wildman–Crippen MR) is 85.8 cm³/mol. The van der Waals surface area contributed by atoms with E-state index in [-0.39, 0.29) is 5.54 Å². The Labute approximate surface area is 127 Å². The number of ether oxygens (including phenoxy) is 1. The van der Waals surface area contributed by atoms with Crippen molar-refractivity contribution >= 4 is 11.6 Å². The minimum Gasteiger partial charge on any atom is -0.497 e. The lowest BCUT2D eigenvalue weighted by molar-refractivity contribution is 0.219. The van der Waals surface area contributed by atoms with Crippen molar-refractivity contribution in [2.75, 3.05) is 19.5 Å². The van der Waals surface area contributed by atoms with E-state index in [1.807, 2.05) is 12.1 Å². The van der Waals surface area contributed by atoms with E-state index in [2.05, 4.69) is 24.4 Å². The van der Waals surface area contributed by atoms with E-state index in [1.54, 1.807) is 7.11 Å². The van der Waals surface area contributed by atoms with Crippen molar-refractivity contribution in [3.63, 3.8) is 0 Å². The smallest absolute Gasteiger partial charge is 0.118 e. The van der Waals surface area contributed by atoms with E-state index in [9.17, 15) is 0 Å². The van der Waals surface area contributed by atoms with Crippen LogP contribution in [0.1, 0.15) is 38.2 Å². The molecule has 0 amide bonds. The summed E-state index contributed by atoms with van der Waals surface area (Å²) in [7, 11) is 1.70. The molecule has 1 aromatic rings. The Morgan fingerprint density at radius 2 is 1.90 bits per heavy atom. The van der Waals surface area contributed by atoms with Crippen LogP contribution in [0, 0.1) is 5.92 Å². The van der Waals surface area contributed by atoms with Gasteiger partial charge in [-0.05, 0) is 62.3 Å². The van der Waals surface area contributed by atoms with Crippen molar-refractivity contribution in [1.29, 1.82) is 0 Å². The molecule has 1 aromatic carbocycles. The van der Waals surface area contributed by atoms with Gasteiger partial charge in [-0.1, -0.05) is 19.1 Å². The van der Waals surface area contributed by atoms with Gasteiger partial charge in [-0.2, -0.15) is 0 Å². The first-order valence-corrected chi connectivity index (χ1v) is 8.15. The van der Waals surface area contributed by atoms with E-state index >= 15 is 0 Å². The molecule has 0 aromatic heterocycles. The Hall–Kier alpha value is -0.730. The van der Waals surface area contributed by atoms with Crippen molar-refractivity contribution in [2.45, 2.75) is 44.6 Å². The van der Waals surface area contributed by atoms with Crippen LogP contribution < -0.4 is 10.1 Å². The Morgan fingerprint density at radius 3 is 2.45 bits per heavy atom. The van der Waals surface area contributed by atoms with E-state index in [4.69, 9.17) is 16.3 Å². The Balaban J connectivity index is 1.81. The molecule has 0 spiro atoms. The highest BCUT2D eigenvalue weighted by atomic mass is 35.5. The lowest BCUT2D eigenvalue weighted by Crippen LogP contribution is -2.50. The molecule has 1 N–H and O–H groups in total. The second-order valence-electron chi connectivity index (χ2n) is 6.12. The second kappa shape index (κ2) is 7.33. The van der Waals surface area contributed by atoms with Gasteiger partial charge in [0.1, 0.15) is 5.75 Å². The number of methoxy groups -OCH3 is 1. The van der Waals surface area contributed by atoms with Gasteiger partial charge in [-0.15, -0.1) is 11.6 Å². The van der Waals surface area contributed by atoms with Crippen molar-refractivity contribution < 1.29 is 4.74 Å². The third-order valence-electron chi connectivity index (χ3n) is 4.56. The average molecular weight is 296 g/mol. The largest absolute Gasteiger partial charge is 0.497 e. The molecule has 0 unspecified atom stereocenters. The highest BCUT2D eigenvalue weighted by molar-refractivity contribution is 6.18. The second-order valence-corrected chi connectivity index (χ2v) is 6.39. The van der Waals surface area contributed by atoms with Crippen LogP contribution in [0.25, 0.3) is 0 Å². The van der Waals surface area contributed by atoms with Gasteiger partial charge < -0.3 is 10.1 Å². The number of hydrogen-bond acceptors (Lipinski definition) is 2. The van der Waals surface area contributed by atoms with Crippen molar-refractivity contribution in [2.24, 2.45) is 5.92 Å². The third kappa shape index (κ3) is 4.13. The van der Waals surface area contributed by atoms with Crippen LogP contribution >= 0.6 is 11.6 Å². The molecule has 0 aliphatic heterocycles. The summed E-state index contributed by atoms with van der Waals surface area (Å²) in [5.74, 6) is 2.50. The molecule has 0 saturated heterocycles. The molecule has 1 saturated carbocycles. The predicted octanol–water partition coefficient (Wildman–Crippen LogP) is 4.02. The van der Waals surface area contributed by atoms with Gasteiger partial charge in [-0.25, -0.2) is 0 Å². The summed E-state index contributed by atoms with van der Waals surface area (Å²) < 4.78 is 5.18. The Bertz CT molecular complexity index is 396. The first kappa shape index (κ1) is 15.7. The van der Waals surface area contributed by atoms with E-state index in [0.717, 1.165) is 30.5 Å². The third-order valence-corrected chi connectivity index (χ3v) is 5.07. The molecule has 1 fully saturated rings. The van der Waals surface area contributed by atoms with Crippen LogP contribution in [0.15, 0.2) is 24.3 Å². The number of benzene rings is 1. The molecule has 2 nitrogen and oxygen atoms in total. The van der Waals surface area contributed by atoms with Gasteiger partial charge in [0.15, 0.2) is 0 Å². The van der Waals surface area contributed by atoms with Crippen LogP contribution in [0.3, 0.4) is 0 Å². The van der Waals surface area contributed by atoms with E-state index < -0.39 is 0 Å². The van der Waals surface area contributed by atoms with Gasteiger partial charge in [-0.3, -0.25) is 0 Å². The Morgan fingerprint density at radius 1 is 1.25 bits per heavy atom. The fourth-order valence-corrected chi connectivity index (χ4v) is 3.30. The highest BCUT2D eigenvalue weighted by Crippen LogP contribution is 2.32. The molecule has 112 valence electrons. The first-order chi connectivity index (χ1) is 9.67. The fourth-order valence-electron chi connectivity index (χ4n) is 2.94. The minimum absolute atomic E-state index is 0.167. The van der Waals surface area contributed by atoms with Crippen LogP contribution in [0.4, 0.5) is 0 Å². The topological polar surface area (TPSA) is 21.3 Å². The summed E-state index contributed by atoms with van der Waals surface area (Å²) in [6, 6.07) is 8.32. The molecule has 0 bridgehead atoms. The zero-order chi connectivity index (χ0) is 14.4. The molecular formula is C17H26ClNO. The van der Waals surface area contributed by atoms with E-state index in [0.29, 0.717) is 0 Å².